The van der Waals surface area contributed by atoms with Gasteiger partial charge in [-0.3, -0.25) is 10.2 Å². The summed E-state index contributed by atoms with van der Waals surface area (Å²) in [5.41, 5.74) is -1.07. The third-order valence-electron chi connectivity index (χ3n) is 5.00. The summed E-state index contributed by atoms with van der Waals surface area (Å²) < 4.78 is 67.9. The number of nitrogens with one attached hydrogen (secondary N) is 2. The van der Waals surface area contributed by atoms with Crippen LogP contribution >= 0.6 is 11.3 Å². The number of likely N-dealkylation sites (N-methyl/N-ethyl adjacent to an activating group) is 1. The van der Waals surface area contributed by atoms with Crippen molar-refractivity contribution < 1.29 is 31.1 Å². The largest absolute Gasteiger partial charge is 0.463 e. The van der Waals surface area contributed by atoms with E-state index in [9.17, 15) is 26.4 Å². The molecule has 0 atom stereocenters. The Hall–Kier alpha value is -2.70. The van der Waals surface area contributed by atoms with Crippen molar-refractivity contribution in [2.24, 2.45) is 0 Å². The molecule has 1 aromatic carbocycles. The first-order chi connectivity index (χ1) is 16.3. The predicted octanol–water partition coefficient (Wildman–Crippen LogP) is 4.22. The number of ether oxygens (including phenoxy) is 1. The summed E-state index contributed by atoms with van der Waals surface area (Å²) in [5.74, 6) is -0.640. The first kappa shape index (κ1) is 28.5. The topological polar surface area (TPSA) is 99.6 Å². The van der Waals surface area contributed by atoms with Crippen LogP contribution in [-0.4, -0.2) is 70.2 Å². The van der Waals surface area contributed by atoms with Crippen LogP contribution in [0.5, 0.6) is 0 Å². The molecule has 192 valence electrons. The lowest BCUT2D eigenvalue weighted by atomic mass is 10.2. The molecule has 0 saturated carbocycles. The molecule has 7 nitrogen and oxygen atoms in total. The van der Waals surface area contributed by atoms with Gasteiger partial charge in [0.25, 0.3) is 0 Å². The van der Waals surface area contributed by atoms with Crippen LogP contribution < -0.4 is 5.32 Å². The molecule has 2 rings (SSSR count). The number of sulfone groups is 1. The van der Waals surface area contributed by atoms with Crippen molar-refractivity contribution >= 4 is 38.6 Å². The lowest BCUT2D eigenvalue weighted by Crippen LogP contribution is -2.30. The predicted molar refractivity (Wildman–Crippen MR) is 131 cm³/mol. The number of rotatable bonds is 12. The van der Waals surface area contributed by atoms with Crippen LogP contribution in [0.1, 0.15) is 18.7 Å². The second kappa shape index (κ2) is 12.3. The van der Waals surface area contributed by atoms with Gasteiger partial charge in [0.15, 0.2) is 9.84 Å². The lowest BCUT2D eigenvalue weighted by molar-refractivity contribution is -0.142. The zero-order chi connectivity index (χ0) is 26.2. The molecule has 0 fully saturated rings. The lowest BCUT2D eigenvalue weighted by Gasteiger charge is -2.17. The number of carbonyl (C=O) groups is 1. The van der Waals surface area contributed by atoms with Crippen LogP contribution in [0.15, 0.2) is 47.4 Å². The molecule has 2 N–H and O–H groups in total. The maximum Gasteiger partial charge on any atom is 0.432 e. The zero-order valence-corrected chi connectivity index (χ0v) is 21.2. The molecule has 2 aromatic rings. The molecule has 1 heterocycles. The van der Waals surface area contributed by atoms with Crippen LogP contribution in [0.4, 0.5) is 13.2 Å². The van der Waals surface area contributed by atoms with Crippen LogP contribution in [0.3, 0.4) is 0 Å². The summed E-state index contributed by atoms with van der Waals surface area (Å²) in [6.45, 7) is 5.87. The molecule has 0 saturated heterocycles. The fourth-order valence-electron chi connectivity index (χ4n) is 3.00. The van der Waals surface area contributed by atoms with Gasteiger partial charge in [-0.05, 0) is 49.0 Å². The molecule has 0 spiro atoms. The van der Waals surface area contributed by atoms with Gasteiger partial charge < -0.3 is 15.0 Å². The average molecular weight is 532 g/mol. The maximum atomic E-state index is 13.0. The number of allylic oxidation sites excluding steroid dienone is 1. The normalized spacial score (nSPS) is 12.6. The highest BCUT2D eigenvalue weighted by Gasteiger charge is 2.33. The van der Waals surface area contributed by atoms with Gasteiger partial charge in [-0.1, -0.05) is 26.0 Å². The van der Waals surface area contributed by atoms with Crippen LogP contribution in [0, 0.1) is 5.41 Å². The Morgan fingerprint density at radius 1 is 1.20 bits per heavy atom. The summed E-state index contributed by atoms with van der Waals surface area (Å²) in [4.78, 5) is 15.2. The van der Waals surface area contributed by atoms with Crippen LogP contribution in [0.25, 0.3) is 16.1 Å². The summed E-state index contributed by atoms with van der Waals surface area (Å²) >= 11 is 1.10. The molecule has 0 unspecified atom stereocenters. The minimum atomic E-state index is -4.86. The zero-order valence-electron chi connectivity index (χ0n) is 19.6. The minimum absolute atomic E-state index is 0.0662. The van der Waals surface area contributed by atoms with E-state index < -0.39 is 27.7 Å². The Kier molecular flexibility index (Phi) is 10.0. The van der Waals surface area contributed by atoms with Gasteiger partial charge in [0, 0.05) is 17.7 Å². The number of benzene rings is 1. The van der Waals surface area contributed by atoms with E-state index in [0.717, 1.165) is 30.7 Å². The Balaban J connectivity index is 2.22. The Morgan fingerprint density at radius 3 is 2.49 bits per heavy atom. The van der Waals surface area contributed by atoms with Crippen molar-refractivity contribution in [2.75, 3.05) is 39.0 Å². The van der Waals surface area contributed by atoms with E-state index in [1.807, 2.05) is 13.8 Å². The third-order valence-corrected chi connectivity index (χ3v) is 7.28. The van der Waals surface area contributed by atoms with Crippen molar-refractivity contribution in [2.45, 2.75) is 24.9 Å². The highest BCUT2D eigenvalue weighted by molar-refractivity contribution is 7.90. The van der Waals surface area contributed by atoms with Crippen molar-refractivity contribution in [1.29, 1.82) is 5.41 Å². The monoisotopic (exact) mass is 531 g/mol. The summed E-state index contributed by atoms with van der Waals surface area (Å²) in [5, 5.41) is 10.0. The Morgan fingerprint density at radius 2 is 1.89 bits per heavy atom. The molecule has 0 amide bonds. The van der Waals surface area contributed by atoms with Crippen molar-refractivity contribution in [3.8, 4) is 10.4 Å². The van der Waals surface area contributed by atoms with E-state index in [2.05, 4.69) is 10.2 Å². The van der Waals surface area contributed by atoms with Gasteiger partial charge in [-0.2, -0.15) is 13.2 Å². The second-order valence-electron chi connectivity index (χ2n) is 7.53. The first-order valence-electron chi connectivity index (χ1n) is 10.7. The maximum absolute atomic E-state index is 13.0. The smallest absolute Gasteiger partial charge is 0.432 e. The average Bonchev–Trinajstić information content (AvgIpc) is 3.28. The van der Waals surface area contributed by atoms with Gasteiger partial charge in [-0.15, -0.1) is 11.3 Å². The fourth-order valence-corrected chi connectivity index (χ4v) is 4.66. The molecular weight excluding hydrogens is 503 g/mol. The quantitative estimate of drug-likeness (QED) is 0.314. The number of carbonyl (C=O) groups excluding carboxylic acids is 1. The van der Waals surface area contributed by atoms with Gasteiger partial charge in [0.05, 0.1) is 15.5 Å². The molecule has 1 aromatic heterocycles. The van der Waals surface area contributed by atoms with Gasteiger partial charge in [0.2, 0.25) is 0 Å². The second-order valence-corrected chi connectivity index (χ2v) is 10.6. The van der Waals surface area contributed by atoms with E-state index in [4.69, 9.17) is 10.1 Å². The van der Waals surface area contributed by atoms with Gasteiger partial charge >= 0.3 is 12.1 Å². The molecule has 35 heavy (non-hydrogen) atoms. The molecular formula is C23H28F3N3O4S2. The first-order valence-corrected chi connectivity index (χ1v) is 13.5. The van der Waals surface area contributed by atoms with E-state index in [0.29, 0.717) is 27.9 Å². The van der Waals surface area contributed by atoms with Crippen molar-refractivity contribution in [3.63, 3.8) is 0 Å². The number of alkyl halides is 3. The van der Waals surface area contributed by atoms with Crippen LogP contribution in [0.2, 0.25) is 0 Å². The highest BCUT2D eigenvalue weighted by Crippen LogP contribution is 2.33. The Labute approximate surface area is 207 Å². The molecule has 0 bridgehead atoms. The number of thiophene rings is 1. The number of hydrogen-bond acceptors (Lipinski definition) is 8. The minimum Gasteiger partial charge on any atom is -0.463 e. The fraction of sp³-hybridized carbons (Fsp3) is 0.391. The molecule has 12 heteroatoms. The van der Waals surface area contributed by atoms with E-state index in [-0.39, 0.29) is 23.7 Å². The molecule has 0 aliphatic carbocycles. The summed E-state index contributed by atoms with van der Waals surface area (Å²) in [6, 6.07) is 9.38. The summed E-state index contributed by atoms with van der Waals surface area (Å²) in [7, 11) is -3.44. The van der Waals surface area contributed by atoms with Gasteiger partial charge in [-0.25, -0.2) is 8.42 Å². The molecule has 0 aliphatic rings. The number of halogens is 3. The Bertz CT molecular complexity index is 1170. The number of esters is 1. The number of hydrogen-bond donors (Lipinski definition) is 2. The molecule has 0 radical (unpaired) electrons. The van der Waals surface area contributed by atoms with E-state index >= 15 is 0 Å². The van der Waals surface area contributed by atoms with Gasteiger partial charge in [0.1, 0.15) is 18.9 Å². The SMILES string of the molecule is CCN(CC)CCOC(=O)CN/C(=C\C(=N)C(F)(F)F)c1ccc(-c2cccc(S(C)(=O)=O)c2)s1. The number of nitrogens with zero attached hydrogens (tertiary/aromatic N) is 1. The summed E-state index contributed by atoms with van der Waals surface area (Å²) in [6.07, 6.45) is -3.16. The highest BCUT2D eigenvalue weighted by atomic mass is 32.2. The van der Waals surface area contributed by atoms with E-state index in [1.165, 1.54) is 12.1 Å². The van der Waals surface area contributed by atoms with Crippen molar-refractivity contribution in [3.05, 3.63) is 47.4 Å². The standard InChI is InChI=1S/C23H28F3N3O4S2/c1-4-29(5-2)11-12-33-22(30)15-28-18(14-21(27)23(24,25)26)20-10-9-19(34-20)16-7-6-8-17(13-16)35(3,31)32/h6-10,13-14,27-28H,4-5,11-12,15H2,1-3H3/b18-14-,27-21?. The van der Waals surface area contributed by atoms with Crippen LogP contribution in [-0.2, 0) is 19.4 Å². The third kappa shape index (κ3) is 8.79. The van der Waals surface area contributed by atoms with Crippen molar-refractivity contribution in [1.82, 2.24) is 10.2 Å². The van der Waals surface area contributed by atoms with E-state index in [1.54, 1.807) is 24.3 Å². The molecule has 0 aliphatic heterocycles.